The second-order valence-electron chi connectivity index (χ2n) is 9.03. The van der Waals surface area contributed by atoms with Crippen molar-refractivity contribution in [2.75, 3.05) is 20.1 Å². The van der Waals surface area contributed by atoms with Gasteiger partial charge in [0.05, 0.1) is 6.54 Å². The topological polar surface area (TPSA) is 72.9 Å². The van der Waals surface area contributed by atoms with Gasteiger partial charge in [0.25, 0.3) is 5.97 Å². The number of hydrogen-bond acceptors (Lipinski definition) is 3. The number of aliphatic carboxylic acids is 1. The molecule has 4 rings (SSSR count). The largest absolute Gasteiger partial charge is 0.481 e. The molecular weight excluding hydrogens is 440 g/mol. The van der Waals surface area contributed by atoms with Crippen LogP contribution in [0.2, 0.25) is 0 Å². The molecule has 1 heterocycles. The predicted octanol–water partition coefficient (Wildman–Crippen LogP) is 4.35. The SMILES string of the molecule is CC(=O)O.CN1CCC(N(Cc2ccc(F)cc2F)C(=O)NCc2ccc3c(c2)CCC3)CC1. The molecule has 184 valence electrons. The maximum absolute atomic E-state index is 14.3. The molecule has 6 nitrogen and oxygen atoms in total. The van der Waals surface area contributed by atoms with Crippen molar-refractivity contribution < 1.29 is 23.5 Å². The molecule has 0 unspecified atom stereocenters. The first-order chi connectivity index (χ1) is 16.2. The number of fused-ring (bicyclic) bond motifs is 1. The van der Waals surface area contributed by atoms with Crippen LogP contribution in [0.1, 0.15) is 48.4 Å². The average molecular weight is 474 g/mol. The second kappa shape index (κ2) is 11.9. The molecule has 0 atom stereocenters. The third-order valence-corrected chi connectivity index (χ3v) is 6.35. The van der Waals surface area contributed by atoms with E-state index in [0.29, 0.717) is 12.1 Å². The Morgan fingerprint density at radius 2 is 1.76 bits per heavy atom. The Morgan fingerprint density at radius 3 is 2.44 bits per heavy atom. The minimum Gasteiger partial charge on any atom is -0.481 e. The number of likely N-dealkylation sites (tertiary alicyclic amines) is 1. The standard InChI is InChI=1S/C24H29F2N3O.C2H4O2/c1-28-11-9-22(10-12-28)29(16-20-7-8-21(25)14-23(20)26)24(30)27-15-17-5-6-18-3-2-4-19(18)13-17;1-2(3)4/h5-8,13-14,22H,2-4,9-12,15-16H2,1H3,(H,27,30);1H3,(H,3,4). The second-order valence-corrected chi connectivity index (χ2v) is 9.03. The van der Waals surface area contributed by atoms with Crippen LogP contribution < -0.4 is 5.32 Å². The molecule has 34 heavy (non-hydrogen) atoms. The van der Waals surface area contributed by atoms with Crippen molar-refractivity contribution in [2.24, 2.45) is 0 Å². The molecule has 0 aromatic heterocycles. The number of rotatable bonds is 5. The lowest BCUT2D eigenvalue weighted by Gasteiger charge is -2.37. The molecule has 1 aliphatic carbocycles. The van der Waals surface area contributed by atoms with Gasteiger partial charge < -0.3 is 20.2 Å². The number of carboxylic acids is 1. The van der Waals surface area contributed by atoms with Crippen LogP contribution in [0.4, 0.5) is 13.6 Å². The summed E-state index contributed by atoms with van der Waals surface area (Å²) in [6.45, 7) is 3.45. The molecule has 1 saturated heterocycles. The molecule has 0 saturated carbocycles. The smallest absolute Gasteiger partial charge is 0.318 e. The number of hydrogen-bond donors (Lipinski definition) is 2. The summed E-state index contributed by atoms with van der Waals surface area (Å²) in [5.74, 6) is -2.05. The molecule has 2 N–H and O–H groups in total. The fourth-order valence-corrected chi connectivity index (χ4v) is 4.52. The van der Waals surface area contributed by atoms with E-state index in [1.165, 1.54) is 29.7 Å². The Kier molecular flexibility index (Phi) is 8.98. The van der Waals surface area contributed by atoms with Crippen LogP contribution in [-0.4, -0.2) is 53.1 Å². The zero-order valence-corrected chi connectivity index (χ0v) is 19.8. The molecule has 8 heteroatoms. The van der Waals surface area contributed by atoms with Gasteiger partial charge in [-0.1, -0.05) is 24.3 Å². The van der Waals surface area contributed by atoms with Gasteiger partial charge >= 0.3 is 6.03 Å². The predicted molar refractivity (Wildman–Crippen MR) is 126 cm³/mol. The van der Waals surface area contributed by atoms with Crippen molar-refractivity contribution in [1.82, 2.24) is 15.1 Å². The van der Waals surface area contributed by atoms with E-state index in [4.69, 9.17) is 9.90 Å². The molecule has 1 aliphatic heterocycles. The summed E-state index contributed by atoms with van der Waals surface area (Å²) < 4.78 is 27.6. The molecule has 2 aromatic carbocycles. The summed E-state index contributed by atoms with van der Waals surface area (Å²) in [4.78, 5) is 26.1. The maximum atomic E-state index is 14.3. The number of carboxylic acid groups (broad SMARTS) is 1. The van der Waals surface area contributed by atoms with Gasteiger partial charge in [0.15, 0.2) is 0 Å². The molecule has 0 bridgehead atoms. The summed E-state index contributed by atoms with van der Waals surface area (Å²) >= 11 is 0. The molecule has 2 aromatic rings. The first-order valence-electron chi connectivity index (χ1n) is 11.7. The number of benzene rings is 2. The van der Waals surface area contributed by atoms with Gasteiger partial charge in [-0.2, -0.15) is 0 Å². The van der Waals surface area contributed by atoms with Crippen LogP contribution in [0.3, 0.4) is 0 Å². The lowest BCUT2D eigenvalue weighted by Crippen LogP contribution is -2.49. The van der Waals surface area contributed by atoms with E-state index in [1.54, 1.807) is 4.90 Å². The minimum atomic E-state index is -0.833. The van der Waals surface area contributed by atoms with Crippen LogP contribution in [0, 0.1) is 11.6 Å². The monoisotopic (exact) mass is 473 g/mol. The number of urea groups is 1. The third kappa shape index (κ3) is 7.25. The van der Waals surface area contributed by atoms with Crippen molar-refractivity contribution in [3.05, 3.63) is 70.3 Å². The van der Waals surface area contributed by atoms with Gasteiger partial charge in [0, 0.05) is 31.1 Å². The van der Waals surface area contributed by atoms with E-state index >= 15 is 0 Å². The molecule has 0 spiro atoms. The number of carbonyl (C=O) groups excluding carboxylic acids is 1. The number of carbonyl (C=O) groups is 2. The van der Waals surface area contributed by atoms with Crippen molar-refractivity contribution in [3.63, 3.8) is 0 Å². The first-order valence-corrected chi connectivity index (χ1v) is 11.7. The number of nitrogens with one attached hydrogen (secondary N) is 1. The summed E-state index contributed by atoms with van der Waals surface area (Å²) in [6, 6.07) is 9.80. The highest BCUT2D eigenvalue weighted by atomic mass is 19.1. The average Bonchev–Trinajstić information content (AvgIpc) is 3.25. The van der Waals surface area contributed by atoms with E-state index in [-0.39, 0.29) is 18.6 Å². The Morgan fingerprint density at radius 1 is 1.09 bits per heavy atom. The first kappa shape index (κ1) is 25.6. The van der Waals surface area contributed by atoms with E-state index in [2.05, 4.69) is 35.5 Å². The van der Waals surface area contributed by atoms with Gasteiger partial charge in [0.1, 0.15) is 11.6 Å². The van der Waals surface area contributed by atoms with E-state index in [9.17, 15) is 13.6 Å². The molecule has 2 aliphatic rings. The number of aryl methyl sites for hydroxylation is 2. The third-order valence-electron chi connectivity index (χ3n) is 6.35. The number of halogens is 2. The zero-order valence-electron chi connectivity index (χ0n) is 19.8. The van der Waals surface area contributed by atoms with Crippen LogP contribution in [-0.2, 0) is 30.7 Å². The highest BCUT2D eigenvalue weighted by Gasteiger charge is 2.28. The Bertz CT molecular complexity index is 1000. The Balaban J connectivity index is 0.000000751. The number of piperidine rings is 1. The van der Waals surface area contributed by atoms with Crippen LogP contribution in [0.5, 0.6) is 0 Å². The van der Waals surface area contributed by atoms with Crippen LogP contribution >= 0.6 is 0 Å². The zero-order chi connectivity index (χ0) is 24.7. The van der Waals surface area contributed by atoms with Gasteiger partial charge in [-0.15, -0.1) is 0 Å². The summed E-state index contributed by atoms with van der Waals surface area (Å²) in [5.41, 5.74) is 4.20. The normalized spacial score (nSPS) is 15.8. The maximum Gasteiger partial charge on any atom is 0.318 e. The van der Waals surface area contributed by atoms with Crippen molar-refractivity contribution >= 4 is 12.0 Å². The highest BCUT2D eigenvalue weighted by molar-refractivity contribution is 5.74. The summed E-state index contributed by atoms with van der Waals surface area (Å²) in [6.07, 6.45) is 5.10. The van der Waals surface area contributed by atoms with Gasteiger partial charge in [-0.3, -0.25) is 4.79 Å². The fraction of sp³-hybridized carbons (Fsp3) is 0.462. The van der Waals surface area contributed by atoms with Crippen LogP contribution in [0.25, 0.3) is 0 Å². The van der Waals surface area contributed by atoms with Crippen molar-refractivity contribution in [2.45, 2.75) is 58.2 Å². The van der Waals surface area contributed by atoms with Gasteiger partial charge in [0.2, 0.25) is 0 Å². The fourth-order valence-electron chi connectivity index (χ4n) is 4.52. The Hall–Kier alpha value is -3.00. The lowest BCUT2D eigenvalue weighted by molar-refractivity contribution is -0.134. The van der Waals surface area contributed by atoms with Gasteiger partial charge in [-0.25, -0.2) is 13.6 Å². The summed E-state index contributed by atoms with van der Waals surface area (Å²) in [7, 11) is 2.06. The molecule has 0 radical (unpaired) electrons. The van der Waals surface area contributed by atoms with E-state index in [1.807, 2.05) is 0 Å². The summed E-state index contributed by atoms with van der Waals surface area (Å²) in [5, 5.41) is 10.4. The van der Waals surface area contributed by atoms with Gasteiger partial charge in [-0.05, 0) is 75.0 Å². The molecule has 1 fully saturated rings. The van der Waals surface area contributed by atoms with Crippen molar-refractivity contribution in [1.29, 1.82) is 0 Å². The molecular formula is C26H33F2N3O3. The quantitative estimate of drug-likeness (QED) is 0.677. The van der Waals surface area contributed by atoms with Crippen LogP contribution in [0.15, 0.2) is 36.4 Å². The number of amides is 2. The minimum absolute atomic E-state index is 0.0330. The molecule has 2 amide bonds. The van der Waals surface area contributed by atoms with Crippen molar-refractivity contribution in [3.8, 4) is 0 Å². The Labute approximate surface area is 199 Å². The van der Waals surface area contributed by atoms with E-state index < -0.39 is 17.6 Å². The lowest BCUT2D eigenvalue weighted by atomic mass is 10.0. The highest BCUT2D eigenvalue weighted by Crippen LogP contribution is 2.23. The number of nitrogens with zero attached hydrogens (tertiary/aromatic N) is 2. The van der Waals surface area contributed by atoms with E-state index in [0.717, 1.165) is 57.3 Å².